The molecule has 0 amide bonds. The summed E-state index contributed by atoms with van der Waals surface area (Å²) in [6.45, 7) is 4.41. The molecule has 2 rings (SSSR count). The summed E-state index contributed by atoms with van der Waals surface area (Å²) >= 11 is 0. The van der Waals surface area contributed by atoms with Gasteiger partial charge in [0.25, 0.3) is 0 Å². The molecule has 0 radical (unpaired) electrons. The molecule has 0 aliphatic carbocycles. The molecule has 0 bridgehead atoms. The first-order valence-corrected chi connectivity index (χ1v) is 7.77. The van der Waals surface area contributed by atoms with Crippen LogP contribution >= 0.6 is 0 Å². The molecule has 0 aliphatic heterocycles. The summed E-state index contributed by atoms with van der Waals surface area (Å²) < 4.78 is 0. The second kappa shape index (κ2) is 7.14. The van der Waals surface area contributed by atoms with Crippen LogP contribution in [0.1, 0.15) is 62.3 Å². The third-order valence-electron chi connectivity index (χ3n) is 4.07. The molecule has 0 atom stereocenters. The molecule has 2 heteroatoms. The average Bonchev–Trinajstić information content (AvgIpc) is 2.79. The minimum atomic E-state index is 0.741. The van der Waals surface area contributed by atoms with Crippen LogP contribution in [-0.4, -0.2) is 4.98 Å². The Bertz CT molecular complexity index is 602. The quantitative estimate of drug-likeness (QED) is 0.684. The van der Waals surface area contributed by atoms with E-state index in [1.807, 2.05) is 18.2 Å². The average molecular weight is 268 g/mol. The SMILES string of the molecule is CCCCCCCCc1[nH]c2ccc(C#N)cc2c1C. The van der Waals surface area contributed by atoms with Crippen LogP contribution in [0.15, 0.2) is 18.2 Å². The van der Waals surface area contributed by atoms with Crippen LogP contribution in [0.25, 0.3) is 10.9 Å². The van der Waals surface area contributed by atoms with Gasteiger partial charge in [-0.05, 0) is 43.5 Å². The highest BCUT2D eigenvalue weighted by molar-refractivity contribution is 5.85. The molecule has 0 aliphatic rings. The molecular weight excluding hydrogens is 244 g/mol. The van der Waals surface area contributed by atoms with Gasteiger partial charge in [-0.15, -0.1) is 0 Å². The normalized spacial score (nSPS) is 10.8. The highest BCUT2D eigenvalue weighted by Crippen LogP contribution is 2.24. The number of rotatable bonds is 7. The first-order chi connectivity index (χ1) is 9.76. The third-order valence-corrected chi connectivity index (χ3v) is 4.07. The van der Waals surface area contributed by atoms with Crippen LogP contribution in [-0.2, 0) is 6.42 Å². The van der Waals surface area contributed by atoms with E-state index in [2.05, 4.69) is 24.9 Å². The number of unbranched alkanes of at least 4 members (excludes halogenated alkanes) is 5. The van der Waals surface area contributed by atoms with Crippen molar-refractivity contribution in [2.75, 3.05) is 0 Å². The van der Waals surface area contributed by atoms with E-state index < -0.39 is 0 Å². The van der Waals surface area contributed by atoms with Crippen molar-refractivity contribution >= 4 is 10.9 Å². The molecule has 20 heavy (non-hydrogen) atoms. The fourth-order valence-electron chi connectivity index (χ4n) is 2.78. The highest BCUT2D eigenvalue weighted by Gasteiger charge is 2.07. The van der Waals surface area contributed by atoms with E-state index in [1.54, 1.807) is 0 Å². The number of hydrogen-bond acceptors (Lipinski definition) is 1. The van der Waals surface area contributed by atoms with Crippen molar-refractivity contribution in [2.45, 2.75) is 58.8 Å². The lowest BCUT2D eigenvalue weighted by atomic mass is 10.0. The molecule has 1 aromatic heterocycles. The highest BCUT2D eigenvalue weighted by atomic mass is 14.7. The maximum Gasteiger partial charge on any atom is 0.0991 e. The van der Waals surface area contributed by atoms with Crippen LogP contribution in [0.4, 0.5) is 0 Å². The summed E-state index contributed by atoms with van der Waals surface area (Å²) in [4.78, 5) is 3.51. The van der Waals surface area contributed by atoms with E-state index >= 15 is 0 Å². The predicted molar refractivity (Wildman–Crippen MR) is 84.8 cm³/mol. The largest absolute Gasteiger partial charge is 0.358 e. The van der Waals surface area contributed by atoms with Crippen LogP contribution in [0.5, 0.6) is 0 Å². The van der Waals surface area contributed by atoms with Gasteiger partial charge in [0.15, 0.2) is 0 Å². The Balaban J connectivity index is 1.97. The number of fused-ring (bicyclic) bond motifs is 1. The Kier molecular flexibility index (Phi) is 5.24. The topological polar surface area (TPSA) is 39.6 Å². The first-order valence-electron chi connectivity index (χ1n) is 7.77. The van der Waals surface area contributed by atoms with E-state index in [-0.39, 0.29) is 0 Å². The summed E-state index contributed by atoms with van der Waals surface area (Å²) in [5, 5.41) is 10.2. The minimum Gasteiger partial charge on any atom is -0.358 e. The number of nitrogens with zero attached hydrogens (tertiary/aromatic N) is 1. The number of hydrogen-bond donors (Lipinski definition) is 1. The smallest absolute Gasteiger partial charge is 0.0991 e. The zero-order chi connectivity index (χ0) is 14.4. The molecule has 0 fully saturated rings. The van der Waals surface area contributed by atoms with Crippen LogP contribution in [0.3, 0.4) is 0 Å². The summed E-state index contributed by atoms with van der Waals surface area (Å²) in [6.07, 6.45) is 9.08. The van der Waals surface area contributed by atoms with Gasteiger partial charge < -0.3 is 4.98 Å². The number of aromatic amines is 1. The number of aryl methyl sites for hydroxylation is 2. The Morgan fingerprint density at radius 1 is 1.10 bits per heavy atom. The van der Waals surface area contributed by atoms with Crippen molar-refractivity contribution in [3.63, 3.8) is 0 Å². The van der Waals surface area contributed by atoms with E-state index in [0.717, 1.165) is 17.5 Å². The number of H-pyrrole nitrogens is 1. The second-order valence-electron chi connectivity index (χ2n) is 5.62. The predicted octanol–water partition coefficient (Wildman–Crippen LogP) is 5.25. The van der Waals surface area contributed by atoms with Crippen molar-refractivity contribution in [1.29, 1.82) is 5.26 Å². The summed E-state index contributed by atoms with van der Waals surface area (Å²) in [7, 11) is 0. The van der Waals surface area contributed by atoms with Crippen LogP contribution in [0.2, 0.25) is 0 Å². The zero-order valence-electron chi connectivity index (χ0n) is 12.6. The van der Waals surface area contributed by atoms with Crippen LogP contribution < -0.4 is 0 Å². The second-order valence-corrected chi connectivity index (χ2v) is 5.62. The molecule has 1 heterocycles. The van der Waals surface area contributed by atoms with Crippen LogP contribution in [0, 0.1) is 18.3 Å². The van der Waals surface area contributed by atoms with Gasteiger partial charge >= 0.3 is 0 Å². The molecule has 1 N–H and O–H groups in total. The van der Waals surface area contributed by atoms with E-state index in [1.165, 1.54) is 55.2 Å². The lowest BCUT2D eigenvalue weighted by molar-refractivity contribution is 0.605. The summed E-state index contributed by atoms with van der Waals surface area (Å²) in [5.41, 5.74) is 4.55. The number of nitriles is 1. The fourth-order valence-corrected chi connectivity index (χ4v) is 2.78. The van der Waals surface area contributed by atoms with Crippen molar-refractivity contribution in [2.24, 2.45) is 0 Å². The maximum atomic E-state index is 8.98. The molecule has 1 aromatic carbocycles. The molecule has 2 aromatic rings. The maximum absolute atomic E-state index is 8.98. The monoisotopic (exact) mass is 268 g/mol. The van der Waals surface area contributed by atoms with Gasteiger partial charge in [-0.1, -0.05) is 39.0 Å². The van der Waals surface area contributed by atoms with E-state index in [9.17, 15) is 0 Å². The Morgan fingerprint density at radius 3 is 2.60 bits per heavy atom. The summed E-state index contributed by atoms with van der Waals surface area (Å²) in [5.74, 6) is 0. The lowest BCUT2D eigenvalue weighted by Crippen LogP contribution is -1.89. The molecule has 0 saturated heterocycles. The van der Waals surface area contributed by atoms with E-state index in [0.29, 0.717) is 0 Å². The first kappa shape index (κ1) is 14.7. The third kappa shape index (κ3) is 3.42. The molecule has 106 valence electrons. The Hall–Kier alpha value is -1.75. The molecule has 2 nitrogen and oxygen atoms in total. The van der Waals surface area contributed by atoms with Gasteiger partial charge in [-0.2, -0.15) is 5.26 Å². The Morgan fingerprint density at radius 2 is 1.85 bits per heavy atom. The number of aromatic nitrogens is 1. The lowest BCUT2D eigenvalue weighted by Gasteiger charge is -2.01. The minimum absolute atomic E-state index is 0.741. The van der Waals surface area contributed by atoms with Gasteiger partial charge in [-0.25, -0.2) is 0 Å². The van der Waals surface area contributed by atoms with Gasteiger partial charge in [0.1, 0.15) is 0 Å². The molecule has 0 unspecified atom stereocenters. The molecule has 0 spiro atoms. The molecule has 0 saturated carbocycles. The van der Waals surface area contributed by atoms with Crippen molar-refractivity contribution in [3.05, 3.63) is 35.0 Å². The van der Waals surface area contributed by atoms with Crippen molar-refractivity contribution in [1.82, 2.24) is 4.98 Å². The van der Waals surface area contributed by atoms with Gasteiger partial charge in [-0.3, -0.25) is 0 Å². The number of benzene rings is 1. The standard InChI is InChI=1S/C18H24N2/c1-3-4-5-6-7-8-9-17-14(2)16-12-15(13-19)10-11-18(16)20-17/h10-12,20H,3-9H2,1-2H3. The number of nitrogens with one attached hydrogen (secondary N) is 1. The molecular formula is C18H24N2. The Labute approximate surface area is 121 Å². The van der Waals surface area contributed by atoms with Crippen molar-refractivity contribution in [3.8, 4) is 6.07 Å². The zero-order valence-corrected chi connectivity index (χ0v) is 12.6. The van der Waals surface area contributed by atoms with Gasteiger partial charge in [0, 0.05) is 16.6 Å². The van der Waals surface area contributed by atoms with Gasteiger partial charge in [0.05, 0.1) is 11.6 Å². The van der Waals surface area contributed by atoms with Gasteiger partial charge in [0.2, 0.25) is 0 Å². The van der Waals surface area contributed by atoms with Crippen molar-refractivity contribution < 1.29 is 0 Å². The van der Waals surface area contributed by atoms with E-state index in [4.69, 9.17) is 5.26 Å². The summed E-state index contributed by atoms with van der Waals surface area (Å²) in [6, 6.07) is 8.11. The fraction of sp³-hybridized carbons (Fsp3) is 0.500.